The number of rotatable bonds is 6. The van der Waals surface area contributed by atoms with Gasteiger partial charge < -0.3 is 15.3 Å². The van der Waals surface area contributed by atoms with Crippen molar-refractivity contribution in [3.8, 4) is 11.5 Å². The van der Waals surface area contributed by atoms with Crippen LogP contribution in [0.5, 0.6) is 11.5 Å². The van der Waals surface area contributed by atoms with E-state index in [1.807, 2.05) is 6.92 Å². The van der Waals surface area contributed by atoms with Crippen molar-refractivity contribution in [2.75, 3.05) is 0 Å². The Bertz CT molecular complexity index is 816. The van der Waals surface area contributed by atoms with E-state index in [4.69, 9.17) is 0 Å². The van der Waals surface area contributed by atoms with Crippen LogP contribution < -0.4 is 0 Å². The lowest BCUT2D eigenvalue weighted by molar-refractivity contribution is -0.146. The Morgan fingerprint density at radius 2 is 1.84 bits per heavy atom. The molecule has 0 heterocycles. The number of phenolic OH excluding ortho intramolecular Hbond substituents is 2. The average molecular weight is 431 g/mol. The Morgan fingerprint density at radius 1 is 1.16 bits per heavy atom. The van der Waals surface area contributed by atoms with Gasteiger partial charge in [0, 0.05) is 6.42 Å². The number of aromatic hydroxyl groups is 2. The van der Waals surface area contributed by atoms with Gasteiger partial charge in [-0.3, -0.25) is 4.79 Å². The number of aryl methyl sites for hydroxylation is 1. The van der Waals surface area contributed by atoms with Gasteiger partial charge in [0.15, 0.2) is 0 Å². The van der Waals surface area contributed by atoms with Crippen molar-refractivity contribution in [2.45, 2.75) is 86.5 Å². The maximum absolute atomic E-state index is 11.5. The van der Waals surface area contributed by atoms with Crippen molar-refractivity contribution in [3.63, 3.8) is 0 Å². The molecule has 2 fully saturated rings. The maximum atomic E-state index is 11.5. The second-order valence-corrected chi connectivity index (χ2v) is 11.5. The number of phenols is 2. The Labute approximate surface area is 188 Å². The fourth-order valence-corrected chi connectivity index (χ4v) is 7.58. The van der Waals surface area contributed by atoms with Crippen molar-refractivity contribution in [2.24, 2.45) is 40.4 Å². The minimum Gasteiger partial charge on any atom is -0.508 e. The van der Waals surface area contributed by atoms with Crippen LogP contribution >= 0.6 is 0 Å². The summed E-state index contributed by atoms with van der Waals surface area (Å²) in [6.45, 7) is 13.6. The minimum atomic E-state index is -0.694. The normalized spacial score (nSPS) is 35.7. The third kappa shape index (κ3) is 4.32. The molecule has 0 aliphatic heterocycles. The van der Waals surface area contributed by atoms with E-state index >= 15 is 0 Å². The molecule has 0 amide bonds. The molecule has 31 heavy (non-hydrogen) atoms. The van der Waals surface area contributed by atoms with Gasteiger partial charge in [0.25, 0.3) is 0 Å². The number of hydrogen-bond acceptors (Lipinski definition) is 3. The van der Waals surface area contributed by atoms with E-state index in [0.29, 0.717) is 40.9 Å². The van der Waals surface area contributed by atoms with E-state index in [1.165, 1.54) is 0 Å². The number of fused-ring (bicyclic) bond motifs is 1. The first-order valence-corrected chi connectivity index (χ1v) is 12.1. The predicted molar refractivity (Wildman–Crippen MR) is 124 cm³/mol. The van der Waals surface area contributed by atoms with Crippen LogP contribution in [-0.2, 0) is 11.2 Å². The van der Waals surface area contributed by atoms with Gasteiger partial charge >= 0.3 is 5.97 Å². The molecule has 0 saturated heterocycles. The third-order valence-electron chi connectivity index (χ3n) is 9.45. The summed E-state index contributed by atoms with van der Waals surface area (Å²) in [5, 5.41) is 30.3. The van der Waals surface area contributed by atoms with Crippen molar-refractivity contribution < 1.29 is 20.1 Å². The van der Waals surface area contributed by atoms with Gasteiger partial charge in [0.05, 0.1) is 0 Å². The Balaban J connectivity index is 2.00. The first-order chi connectivity index (χ1) is 14.4. The molecule has 3 rings (SSSR count). The van der Waals surface area contributed by atoms with Crippen LogP contribution in [0.2, 0.25) is 0 Å². The molecule has 2 aliphatic rings. The molecule has 4 nitrogen and oxygen atoms in total. The molecule has 0 radical (unpaired) electrons. The van der Waals surface area contributed by atoms with Crippen molar-refractivity contribution in [1.29, 1.82) is 0 Å². The topological polar surface area (TPSA) is 77.8 Å². The van der Waals surface area contributed by atoms with Gasteiger partial charge in [-0.25, -0.2) is 0 Å². The molecule has 2 aliphatic carbocycles. The van der Waals surface area contributed by atoms with Gasteiger partial charge in [0.1, 0.15) is 11.5 Å². The number of carboxylic acids is 1. The molecule has 0 bridgehead atoms. The quantitative estimate of drug-likeness (QED) is 0.447. The SMILES string of the molecule is Cc1cc(O)cc(CC2(C)C(C)CCC3(C)C(CCC(=O)O)C(C(C)C)CCC23)c1O. The smallest absolute Gasteiger partial charge is 0.303 e. The zero-order chi connectivity index (χ0) is 23.1. The summed E-state index contributed by atoms with van der Waals surface area (Å²) in [7, 11) is 0. The summed E-state index contributed by atoms with van der Waals surface area (Å²) in [6.07, 6.45) is 6.32. The van der Waals surface area contributed by atoms with E-state index in [1.54, 1.807) is 12.1 Å². The summed E-state index contributed by atoms with van der Waals surface area (Å²) in [6, 6.07) is 3.35. The number of benzene rings is 1. The van der Waals surface area contributed by atoms with E-state index < -0.39 is 5.97 Å². The van der Waals surface area contributed by atoms with Gasteiger partial charge in [-0.15, -0.1) is 0 Å². The molecule has 3 N–H and O–H groups in total. The second-order valence-electron chi connectivity index (χ2n) is 11.5. The van der Waals surface area contributed by atoms with Gasteiger partial charge in [0.2, 0.25) is 0 Å². The predicted octanol–water partition coefficient (Wildman–Crippen LogP) is 6.55. The van der Waals surface area contributed by atoms with Gasteiger partial charge in [-0.1, -0.05) is 34.6 Å². The molecule has 174 valence electrons. The first kappa shape index (κ1) is 23.9. The summed E-state index contributed by atoms with van der Waals surface area (Å²) < 4.78 is 0. The molecule has 2 saturated carbocycles. The molecule has 1 aromatic carbocycles. The monoisotopic (exact) mass is 430 g/mol. The molecule has 0 spiro atoms. The van der Waals surface area contributed by atoms with Crippen LogP contribution in [0.1, 0.15) is 84.3 Å². The average Bonchev–Trinajstić information content (AvgIpc) is 2.67. The number of hydrogen-bond donors (Lipinski definition) is 3. The molecule has 6 atom stereocenters. The summed E-state index contributed by atoms with van der Waals surface area (Å²) in [5.74, 6) is 2.33. The summed E-state index contributed by atoms with van der Waals surface area (Å²) >= 11 is 0. The Hall–Kier alpha value is -1.71. The largest absolute Gasteiger partial charge is 0.508 e. The van der Waals surface area contributed by atoms with Gasteiger partial charge in [-0.2, -0.15) is 0 Å². The summed E-state index contributed by atoms with van der Waals surface area (Å²) in [5.41, 5.74) is 1.65. The van der Waals surface area contributed by atoms with Crippen LogP contribution in [0.25, 0.3) is 0 Å². The highest BCUT2D eigenvalue weighted by molar-refractivity contribution is 5.66. The van der Waals surface area contributed by atoms with Crippen LogP contribution in [0.3, 0.4) is 0 Å². The summed E-state index contributed by atoms with van der Waals surface area (Å²) in [4.78, 5) is 11.5. The highest BCUT2D eigenvalue weighted by atomic mass is 16.4. The van der Waals surface area contributed by atoms with Crippen LogP contribution in [0.15, 0.2) is 12.1 Å². The van der Waals surface area contributed by atoms with Crippen LogP contribution in [-0.4, -0.2) is 21.3 Å². The van der Waals surface area contributed by atoms with Crippen molar-refractivity contribution in [3.05, 3.63) is 23.3 Å². The second kappa shape index (κ2) is 8.67. The zero-order valence-electron chi connectivity index (χ0n) is 20.2. The molecule has 6 unspecified atom stereocenters. The molecular weight excluding hydrogens is 388 g/mol. The highest BCUT2D eigenvalue weighted by Gasteiger charge is 2.58. The van der Waals surface area contributed by atoms with E-state index in [9.17, 15) is 20.1 Å². The first-order valence-electron chi connectivity index (χ1n) is 12.1. The lowest BCUT2D eigenvalue weighted by Crippen LogP contribution is -2.56. The fraction of sp³-hybridized carbons (Fsp3) is 0.741. The van der Waals surface area contributed by atoms with E-state index in [2.05, 4.69) is 34.6 Å². The Kier molecular flexibility index (Phi) is 6.70. The number of carbonyl (C=O) groups is 1. The lowest BCUT2D eigenvalue weighted by atomic mass is 9.42. The molecule has 4 heteroatoms. The number of aliphatic carboxylic acids is 1. The molecular formula is C27H42O4. The lowest BCUT2D eigenvalue weighted by Gasteiger charge is -2.63. The fourth-order valence-electron chi connectivity index (χ4n) is 7.58. The minimum absolute atomic E-state index is 0.00582. The van der Waals surface area contributed by atoms with Crippen LogP contribution in [0.4, 0.5) is 0 Å². The zero-order valence-corrected chi connectivity index (χ0v) is 20.2. The highest BCUT2D eigenvalue weighted by Crippen LogP contribution is 2.65. The van der Waals surface area contributed by atoms with Gasteiger partial charge in [-0.05, 0) is 109 Å². The molecule has 1 aromatic rings. The molecule has 0 aromatic heterocycles. The van der Waals surface area contributed by atoms with Crippen molar-refractivity contribution >= 4 is 5.97 Å². The third-order valence-corrected chi connectivity index (χ3v) is 9.45. The Morgan fingerprint density at radius 3 is 2.45 bits per heavy atom. The van der Waals surface area contributed by atoms with E-state index in [-0.39, 0.29) is 23.0 Å². The number of carboxylic acid groups (broad SMARTS) is 1. The van der Waals surface area contributed by atoms with Crippen LogP contribution in [0, 0.1) is 47.3 Å². The van der Waals surface area contributed by atoms with E-state index in [0.717, 1.165) is 44.1 Å². The van der Waals surface area contributed by atoms with Crippen molar-refractivity contribution in [1.82, 2.24) is 0 Å². The maximum Gasteiger partial charge on any atom is 0.303 e. The standard InChI is InChI=1S/C27H42O4/c1-16(2)21-7-9-23-26(5,22(21)8-10-24(29)30)12-11-18(4)27(23,6)15-19-14-20(28)13-17(3)25(19)31/h13-14,16,18,21-23,28,31H,7-12,15H2,1-6H3,(H,29,30).